The summed E-state index contributed by atoms with van der Waals surface area (Å²) < 4.78 is 32.3. The van der Waals surface area contributed by atoms with Gasteiger partial charge < -0.3 is 10.5 Å². The highest BCUT2D eigenvalue weighted by Gasteiger charge is 2.33. The lowest BCUT2D eigenvalue weighted by molar-refractivity contribution is 0.414. The fourth-order valence-corrected chi connectivity index (χ4v) is 5.03. The van der Waals surface area contributed by atoms with Gasteiger partial charge in [0.2, 0.25) is 10.0 Å². The number of ether oxygens (including phenoxy) is 1. The van der Waals surface area contributed by atoms with Crippen LogP contribution in [-0.2, 0) is 22.1 Å². The van der Waals surface area contributed by atoms with Crippen LogP contribution in [0.1, 0.15) is 17.5 Å². The summed E-state index contributed by atoms with van der Waals surface area (Å²) in [6, 6.07) is 7.28. The minimum Gasteiger partial charge on any atom is -0.497 e. The number of sulfonamides is 1. The van der Waals surface area contributed by atoms with Crippen LogP contribution in [0.3, 0.4) is 0 Å². The highest BCUT2D eigenvalue weighted by atomic mass is 79.9. The minimum absolute atomic E-state index is 0.216. The first kappa shape index (κ1) is 19.3. The Labute approximate surface area is 154 Å². The molecule has 0 spiro atoms. The Morgan fingerprint density at radius 1 is 1.38 bits per heavy atom. The van der Waals surface area contributed by atoms with Gasteiger partial charge in [0, 0.05) is 19.0 Å². The summed E-state index contributed by atoms with van der Waals surface area (Å²) in [6.07, 6.45) is 0. The van der Waals surface area contributed by atoms with Gasteiger partial charge in [-0.15, -0.1) is 11.3 Å². The van der Waals surface area contributed by atoms with E-state index in [9.17, 15) is 8.42 Å². The van der Waals surface area contributed by atoms with Crippen molar-refractivity contribution in [2.45, 2.75) is 19.0 Å². The molecule has 9 heteroatoms. The molecule has 0 radical (unpaired) electrons. The zero-order valence-electron chi connectivity index (χ0n) is 13.7. The van der Waals surface area contributed by atoms with E-state index in [2.05, 4.69) is 20.9 Å². The SMILES string of the molecule is COc1ccc(CN(C)S(=O)(=O)C[C@](C)(N)c2nc(Br)cs2)cc1. The standard InChI is InChI=1S/C15H20BrN3O3S2/c1-15(17,14-18-13(16)9-23-14)10-24(20,21)19(2)8-11-4-6-12(22-3)7-5-11/h4-7,9H,8,10,17H2,1-3H3/t15-/m0/s1. The number of methoxy groups -OCH3 is 1. The number of rotatable bonds is 7. The first-order valence-electron chi connectivity index (χ1n) is 7.11. The average Bonchev–Trinajstić information content (AvgIpc) is 2.94. The van der Waals surface area contributed by atoms with E-state index in [0.29, 0.717) is 9.61 Å². The molecule has 24 heavy (non-hydrogen) atoms. The van der Waals surface area contributed by atoms with Gasteiger partial charge in [-0.1, -0.05) is 12.1 Å². The predicted molar refractivity (Wildman–Crippen MR) is 99.6 cm³/mol. The maximum Gasteiger partial charge on any atom is 0.216 e. The minimum atomic E-state index is -3.54. The first-order valence-corrected chi connectivity index (χ1v) is 10.4. The Hall–Kier alpha value is -1.00. The second-order valence-corrected chi connectivity index (χ2v) is 9.50. The number of hydrogen-bond donors (Lipinski definition) is 1. The molecule has 1 aromatic heterocycles. The molecule has 0 bridgehead atoms. The van der Waals surface area contributed by atoms with Crippen molar-refractivity contribution in [3.63, 3.8) is 0 Å². The number of aromatic nitrogens is 1. The molecular weight excluding hydrogens is 414 g/mol. The van der Waals surface area contributed by atoms with Crippen molar-refractivity contribution in [1.82, 2.24) is 9.29 Å². The van der Waals surface area contributed by atoms with E-state index in [-0.39, 0.29) is 12.3 Å². The highest BCUT2D eigenvalue weighted by molar-refractivity contribution is 9.10. The third-order valence-corrected chi connectivity index (χ3v) is 7.36. The molecule has 1 atom stereocenters. The van der Waals surface area contributed by atoms with Crippen LogP contribution in [-0.4, -0.2) is 37.6 Å². The van der Waals surface area contributed by atoms with E-state index < -0.39 is 15.6 Å². The van der Waals surface area contributed by atoms with Crippen molar-refractivity contribution >= 4 is 37.3 Å². The van der Waals surface area contributed by atoms with Gasteiger partial charge in [0.15, 0.2) is 0 Å². The summed E-state index contributed by atoms with van der Waals surface area (Å²) >= 11 is 4.60. The fraction of sp³-hybridized carbons (Fsp3) is 0.400. The topological polar surface area (TPSA) is 85.5 Å². The van der Waals surface area contributed by atoms with Crippen LogP contribution in [0.15, 0.2) is 34.2 Å². The van der Waals surface area contributed by atoms with Crippen molar-refractivity contribution in [2.75, 3.05) is 19.9 Å². The molecule has 0 aliphatic rings. The summed E-state index contributed by atoms with van der Waals surface area (Å²) in [5.74, 6) is 0.514. The molecule has 0 saturated heterocycles. The van der Waals surface area contributed by atoms with Crippen LogP contribution >= 0.6 is 27.3 Å². The Balaban J connectivity index is 2.10. The number of nitrogens with zero attached hydrogens (tertiary/aromatic N) is 2. The quantitative estimate of drug-likeness (QED) is 0.724. The summed E-state index contributed by atoms with van der Waals surface area (Å²) in [7, 11) is -0.405. The molecule has 2 rings (SSSR count). The lowest BCUT2D eigenvalue weighted by Crippen LogP contribution is -2.44. The molecule has 132 valence electrons. The molecule has 2 N–H and O–H groups in total. The van der Waals surface area contributed by atoms with Crippen molar-refractivity contribution in [2.24, 2.45) is 5.73 Å². The Kier molecular flexibility index (Phi) is 6.03. The number of thiazole rings is 1. The number of nitrogens with two attached hydrogens (primary N) is 1. The van der Waals surface area contributed by atoms with Crippen molar-refractivity contribution < 1.29 is 13.2 Å². The van der Waals surface area contributed by atoms with Crippen molar-refractivity contribution in [3.05, 3.63) is 44.8 Å². The van der Waals surface area contributed by atoms with Crippen LogP contribution < -0.4 is 10.5 Å². The predicted octanol–water partition coefficient (Wildman–Crippen LogP) is 2.55. The van der Waals surface area contributed by atoms with E-state index in [1.165, 1.54) is 15.6 Å². The molecule has 0 aliphatic carbocycles. The van der Waals surface area contributed by atoms with Crippen LogP contribution in [0, 0.1) is 0 Å². The van der Waals surface area contributed by atoms with Gasteiger partial charge in [0.05, 0.1) is 18.4 Å². The van der Waals surface area contributed by atoms with E-state index >= 15 is 0 Å². The van der Waals surface area contributed by atoms with Crippen LogP contribution in [0.2, 0.25) is 0 Å². The zero-order chi connectivity index (χ0) is 18.0. The lowest BCUT2D eigenvalue weighted by atomic mass is 10.1. The number of hydrogen-bond acceptors (Lipinski definition) is 6. The van der Waals surface area contributed by atoms with Gasteiger partial charge in [0.1, 0.15) is 15.4 Å². The number of benzene rings is 1. The molecule has 1 heterocycles. The van der Waals surface area contributed by atoms with Gasteiger partial charge >= 0.3 is 0 Å². The van der Waals surface area contributed by atoms with Crippen molar-refractivity contribution in [1.29, 1.82) is 0 Å². The maximum atomic E-state index is 12.6. The summed E-state index contributed by atoms with van der Waals surface area (Å²) in [5.41, 5.74) is 6.03. The third kappa shape index (κ3) is 4.76. The molecule has 2 aromatic rings. The highest BCUT2D eigenvalue weighted by Crippen LogP contribution is 2.27. The van der Waals surface area contributed by atoms with E-state index in [1.807, 2.05) is 12.1 Å². The van der Waals surface area contributed by atoms with Crippen molar-refractivity contribution in [3.8, 4) is 5.75 Å². The van der Waals surface area contributed by atoms with Gasteiger partial charge in [-0.3, -0.25) is 0 Å². The molecule has 6 nitrogen and oxygen atoms in total. The van der Waals surface area contributed by atoms with E-state index in [4.69, 9.17) is 10.5 Å². The van der Waals surface area contributed by atoms with Gasteiger partial charge in [-0.25, -0.2) is 17.7 Å². The Morgan fingerprint density at radius 3 is 2.50 bits per heavy atom. The van der Waals surface area contributed by atoms with Crippen LogP contribution in [0.4, 0.5) is 0 Å². The third-order valence-electron chi connectivity index (χ3n) is 3.49. The average molecular weight is 434 g/mol. The van der Waals surface area contributed by atoms with Gasteiger partial charge in [-0.05, 0) is 40.5 Å². The van der Waals surface area contributed by atoms with E-state index in [1.54, 1.807) is 38.6 Å². The fourth-order valence-electron chi connectivity index (χ4n) is 2.15. The largest absolute Gasteiger partial charge is 0.497 e. The second kappa shape index (κ2) is 7.49. The maximum absolute atomic E-state index is 12.6. The molecule has 0 unspecified atom stereocenters. The van der Waals surface area contributed by atoms with Crippen LogP contribution in [0.25, 0.3) is 0 Å². The Bertz CT molecular complexity index is 789. The summed E-state index contributed by atoms with van der Waals surface area (Å²) in [4.78, 5) is 4.24. The lowest BCUT2D eigenvalue weighted by Gasteiger charge is -2.25. The molecule has 0 amide bonds. The normalized spacial score (nSPS) is 14.6. The smallest absolute Gasteiger partial charge is 0.216 e. The molecule has 0 aliphatic heterocycles. The summed E-state index contributed by atoms with van der Waals surface area (Å²) in [5, 5.41) is 2.37. The zero-order valence-corrected chi connectivity index (χ0v) is 16.9. The second-order valence-electron chi connectivity index (χ2n) is 5.75. The first-order chi connectivity index (χ1) is 11.1. The molecule has 0 fully saturated rings. The molecule has 0 saturated carbocycles. The van der Waals surface area contributed by atoms with E-state index in [0.717, 1.165) is 11.3 Å². The molecule has 1 aromatic carbocycles. The summed E-state index contributed by atoms with van der Waals surface area (Å²) in [6.45, 7) is 1.95. The monoisotopic (exact) mass is 433 g/mol. The number of halogens is 1. The molecular formula is C15H20BrN3O3S2. The van der Waals surface area contributed by atoms with Crippen LogP contribution in [0.5, 0.6) is 5.75 Å². The Morgan fingerprint density at radius 2 is 2.00 bits per heavy atom. The van der Waals surface area contributed by atoms with Gasteiger partial charge in [0.25, 0.3) is 0 Å². The van der Waals surface area contributed by atoms with Gasteiger partial charge in [-0.2, -0.15) is 0 Å².